The summed E-state index contributed by atoms with van der Waals surface area (Å²) in [7, 11) is 0. The lowest BCUT2D eigenvalue weighted by Gasteiger charge is -2.42. The number of thioether (sulfide) groups is 2. The predicted molar refractivity (Wildman–Crippen MR) is 63.9 cm³/mol. The molecule has 0 aromatic rings. The van der Waals surface area contributed by atoms with Gasteiger partial charge in [-0.15, -0.1) is 0 Å². The summed E-state index contributed by atoms with van der Waals surface area (Å²) >= 11 is 3.80. The number of fused-ring (bicyclic) bond motifs is 2. The second-order valence-electron chi connectivity index (χ2n) is 4.02. The number of rotatable bonds is 0. The summed E-state index contributed by atoms with van der Waals surface area (Å²) < 4.78 is 22.9. The monoisotopic (exact) mass is 264 g/mol. The molecule has 4 bridgehead atoms. The van der Waals surface area contributed by atoms with Crippen LogP contribution in [0.25, 0.3) is 0 Å². The van der Waals surface area contributed by atoms with Crippen molar-refractivity contribution < 1.29 is 18.9 Å². The fourth-order valence-electron chi connectivity index (χ4n) is 1.99. The van der Waals surface area contributed by atoms with Gasteiger partial charge in [0.2, 0.25) is 0 Å². The van der Waals surface area contributed by atoms with Crippen molar-refractivity contribution in [1.82, 2.24) is 0 Å². The van der Waals surface area contributed by atoms with E-state index in [0.29, 0.717) is 13.2 Å². The van der Waals surface area contributed by atoms with E-state index < -0.39 is 0 Å². The van der Waals surface area contributed by atoms with Gasteiger partial charge in [-0.05, 0) is 0 Å². The van der Waals surface area contributed by atoms with E-state index in [2.05, 4.69) is 0 Å². The van der Waals surface area contributed by atoms with Crippen LogP contribution in [0.1, 0.15) is 0 Å². The summed E-state index contributed by atoms with van der Waals surface area (Å²) in [5.41, 5.74) is 0. The third-order valence-electron chi connectivity index (χ3n) is 2.84. The molecule has 5 aliphatic rings. The van der Waals surface area contributed by atoms with Crippen LogP contribution in [0.5, 0.6) is 0 Å². The smallest absolute Gasteiger partial charge is 0.167 e. The van der Waals surface area contributed by atoms with E-state index in [-0.39, 0.29) is 24.8 Å². The highest BCUT2D eigenvalue weighted by Gasteiger charge is 2.38. The zero-order valence-corrected chi connectivity index (χ0v) is 10.6. The first kappa shape index (κ1) is 11.6. The van der Waals surface area contributed by atoms with Gasteiger partial charge in [0.15, 0.2) is 12.6 Å². The van der Waals surface area contributed by atoms with Gasteiger partial charge in [0.05, 0.1) is 13.2 Å². The molecular formula is C10H16O4S2. The Kier molecular flexibility index (Phi) is 3.96. The van der Waals surface area contributed by atoms with Crippen LogP contribution < -0.4 is 0 Å². The molecule has 16 heavy (non-hydrogen) atoms. The van der Waals surface area contributed by atoms with Crippen molar-refractivity contribution in [3.63, 3.8) is 0 Å². The van der Waals surface area contributed by atoms with Crippen LogP contribution in [0, 0.1) is 0 Å². The summed E-state index contributed by atoms with van der Waals surface area (Å²) in [6.45, 7) is 1.28. The van der Waals surface area contributed by atoms with Gasteiger partial charge in [-0.3, -0.25) is 0 Å². The summed E-state index contributed by atoms with van der Waals surface area (Å²) in [5, 5.41) is 0. The standard InChI is InChI=1S/C10H16O4S2/c1-2-16-6-10-12-4-7-8(14-10)3-11-9(13-7)5-15-1/h7-10H,1-6H2. The summed E-state index contributed by atoms with van der Waals surface area (Å²) in [4.78, 5) is 0. The van der Waals surface area contributed by atoms with E-state index in [1.54, 1.807) is 0 Å². The molecule has 5 rings (SSSR count). The highest BCUT2D eigenvalue weighted by Crippen LogP contribution is 2.27. The Labute approximate surface area is 104 Å². The first-order valence-electron chi connectivity index (χ1n) is 5.61. The third kappa shape index (κ3) is 2.68. The van der Waals surface area contributed by atoms with E-state index in [0.717, 1.165) is 23.0 Å². The van der Waals surface area contributed by atoms with E-state index in [1.165, 1.54) is 0 Å². The van der Waals surface area contributed by atoms with Crippen LogP contribution in [0.15, 0.2) is 0 Å². The summed E-state index contributed by atoms with van der Waals surface area (Å²) in [5.74, 6) is 4.09. The van der Waals surface area contributed by atoms with E-state index >= 15 is 0 Å². The molecule has 0 aromatic carbocycles. The van der Waals surface area contributed by atoms with Gasteiger partial charge >= 0.3 is 0 Å². The van der Waals surface area contributed by atoms with Gasteiger partial charge in [0.1, 0.15) is 12.2 Å². The van der Waals surface area contributed by atoms with Gasteiger partial charge in [-0.2, -0.15) is 23.5 Å². The van der Waals surface area contributed by atoms with Crippen LogP contribution in [0.2, 0.25) is 0 Å². The Bertz CT molecular complexity index is 213. The number of ether oxygens (including phenoxy) is 4. The van der Waals surface area contributed by atoms with E-state index in [4.69, 9.17) is 18.9 Å². The van der Waals surface area contributed by atoms with Crippen molar-refractivity contribution in [3.05, 3.63) is 0 Å². The Balaban J connectivity index is 1.67. The Morgan fingerprint density at radius 3 is 1.75 bits per heavy atom. The zero-order chi connectivity index (χ0) is 10.8. The molecule has 5 heterocycles. The van der Waals surface area contributed by atoms with Crippen LogP contribution in [-0.4, -0.2) is 61.0 Å². The minimum Gasteiger partial charge on any atom is -0.349 e. The fraction of sp³-hybridized carbons (Fsp3) is 1.00. The maximum Gasteiger partial charge on any atom is 0.167 e. The molecule has 4 atom stereocenters. The molecule has 4 nitrogen and oxygen atoms in total. The van der Waals surface area contributed by atoms with Crippen LogP contribution in [0.3, 0.4) is 0 Å². The molecule has 0 aliphatic carbocycles. The first-order chi connectivity index (χ1) is 7.92. The van der Waals surface area contributed by atoms with Crippen molar-refractivity contribution in [1.29, 1.82) is 0 Å². The Morgan fingerprint density at radius 2 is 1.25 bits per heavy atom. The van der Waals surface area contributed by atoms with Crippen molar-refractivity contribution in [3.8, 4) is 0 Å². The molecule has 0 saturated carbocycles. The van der Waals surface area contributed by atoms with Crippen molar-refractivity contribution in [2.24, 2.45) is 0 Å². The molecule has 5 aliphatic heterocycles. The van der Waals surface area contributed by atoms with E-state index in [9.17, 15) is 0 Å². The average Bonchev–Trinajstić information content (AvgIpc) is 2.30. The molecule has 6 heteroatoms. The quantitative estimate of drug-likeness (QED) is 0.648. The van der Waals surface area contributed by atoms with E-state index in [1.807, 2.05) is 23.5 Å². The fourth-order valence-corrected chi connectivity index (χ4v) is 4.00. The highest BCUT2D eigenvalue weighted by molar-refractivity contribution is 8.02. The molecule has 0 amide bonds. The molecular weight excluding hydrogens is 248 g/mol. The third-order valence-corrected chi connectivity index (χ3v) is 5.10. The van der Waals surface area contributed by atoms with Crippen molar-refractivity contribution >= 4 is 23.5 Å². The summed E-state index contributed by atoms with van der Waals surface area (Å²) in [6, 6.07) is 0. The van der Waals surface area contributed by atoms with Crippen LogP contribution in [-0.2, 0) is 18.9 Å². The van der Waals surface area contributed by atoms with Gasteiger partial charge in [-0.25, -0.2) is 0 Å². The van der Waals surface area contributed by atoms with Gasteiger partial charge in [-0.1, -0.05) is 0 Å². The second-order valence-corrected chi connectivity index (χ2v) is 6.32. The highest BCUT2D eigenvalue weighted by atomic mass is 32.2. The van der Waals surface area contributed by atoms with Gasteiger partial charge < -0.3 is 18.9 Å². The molecule has 92 valence electrons. The maximum absolute atomic E-state index is 5.81. The lowest BCUT2D eigenvalue weighted by Crippen LogP contribution is -2.54. The normalized spacial score (nSPS) is 45.0. The molecule has 5 fully saturated rings. The topological polar surface area (TPSA) is 36.9 Å². The molecule has 5 saturated heterocycles. The molecule has 4 unspecified atom stereocenters. The lowest BCUT2D eigenvalue weighted by atomic mass is 10.2. The van der Waals surface area contributed by atoms with Crippen LogP contribution >= 0.6 is 23.5 Å². The maximum atomic E-state index is 5.81. The first-order valence-corrected chi connectivity index (χ1v) is 7.92. The zero-order valence-electron chi connectivity index (χ0n) is 9.00. The number of hydrogen-bond acceptors (Lipinski definition) is 6. The van der Waals surface area contributed by atoms with Gasteiger partial charge in [0.25, 0.3) is 0 Å². The second kappa shape index (κ2) is 5.46. The molecule has 0 spiro atoms. The molecule has 0 radical (unpaired) electrons. The minimum atomic E-state index is -0.0839. The molecule has 0 aromatic heterocycles. The van der Waals surface area contributed by atoms with Crippen molar-refractivity contribution in [2.75, 3.05) is 36.2 Å². The van der Waals surface area contributed by atoms with Gasteiger partial charge in [0, 0.05) is 23.0 Å². The largest absolute Gasteiger partial charge is 0.349 e. The number of hydrogen-bond donors (Lipinski definition) is 0. The summed E-state index contributed by atoms with van der Waals surface area (Å²) in [6.07, 6.45) is -0.0566. The Hall–Kier alpha value is 0.540. The molecule has 0 N–H and O–H groups in total. The average molecular weight is 264 g/mol. The minimum absolute atomic E-state index is 0.0556. The van der Waals surface area contributed by atoms with Crippen molar-refractivity contribution in [2.45, 2.75) is 24.8 Å². The predicted octanol–water partition coefficient (Wildman–Crippen LogP) is 0.949. The van der Waals surface area contributed by atoms with Crippen LogP contribution in [0.4, 0.5) is 0 Å². The lowest BCUT2D eigenvalue weighted by molar-refractivity contribution is -0.326. The Morgan fingerprint density at radius 1 is 0.750 bits per heavy atom. The SMILES string of the molecule is C1CSCC2OCC3OC(CS1)OCC3O2.